The molecule has 0 aliphatic heterocycles. The fourth-order valence-corrected chi connectivity index (χ4v) is 2.72. The van der Waals surface area contributed by atoms with Gasteiger partial charge >= 0.3 is 0 Å². The Hall–Kier alpha value is -2.61. The second-order valence-electron chi connectivity index (χ2n) is 4.86. The van der Waals surface area contributed by atoms with Gasteiger partial charge < -0.3 is 4.42 Å². The van der Waals surface area contributed by atoms with Gasteiger partial charge in [-0.05, 0) is 37.3 Å². The van der Waals surface area contributed by atoms with Gasteiger partial charge in [0.15, 0.2) is 17.4 Å². The minimum absolute atomic E-state index is 0.0859. The van der Waals surface area contributed by atoms with Crippen molar-refractivity contribution in [3.63, 3.8) is 0 Å². The van der Waals surface area contributed by atoms with E-state index in [1.54, 1.807) is 31.5 Å². The van der Waals surface area contributed by atoms with Gasteiger partial charge in [-0.1, -0.05) is 11.8 Å². The normalized spacial score (nSPS) is 12.1. The van der Waals surface area contributed by atoms with E-state index in [-0.39, 0.29) is 16.6 Å². The van der Waals surface area contributed by atoms with Crippen LogP contribution in [-0.4, -0.2) is 26.2 Å². The molecule has 0 radical (unpaired) electrons. The largest absolute Gasteiger partial charge is 0.411 e. The molecule has 0 saturated heterocycles. The molecule has 0 aliphatic rings. The van der Waals surface area contributed by atoms with E-state index in [1.807, 2.05) is 0 Å². The van der Waals surface area contributed by atoms with Crippen LogP contribution < -0.4 is 0 Å². The van der Waals surface area contributed by atoms with Crippen LogP contribution in [0.3, 0.4) is 0 Å². The molecule has 122 valence electrons. The summed E-state index contributed by atoms with van der Waals surface area (Å²) in [5.41, 5.74) is 0.798. The second kappa shape index (κ2) is 6.88. The van der Waals surface area contributed by atoms with Crippen molar-refractivity contribution < 1.29 is 18.0 Å². The number of rotatable bonds is 5. The summed E-state index contributed by atoms with van der Waals surface area (Å²) in [5, 5.41) is 7.41. The van der Waals surface area contributed by atoms with Gasteiger partial charge in [-0.3, -0.25) is 9.78 Å². The molecule has 0 aliphatic carbocycles. The Bertz CT molecular complexity index is 871. The summed E-state index contributed by atoms with van der Waals surface area (Å²) < 4.78 is 31.7. The number of thioether (sulfide) groups is 1. The summed E-state index contributed by atoms with van der Waals surface area (Å²) >= 11 is 1.05. The highest BCUT2D eigenvalue weighted by Crippen LogP contribution is 2.27. The van der Waals surface area contributed by atoms with Crippen molar-refractivity contribution in [2.75, 3.05) is 0 Å². The number of nitrogens with zero attached hydrogens (tertiary/aromatic N) is 3. The number of carbonyl (C=O) groups excluding carboxylic acids is 1. The van der Waals surface area contributed by atoms with Crippen molar-refractivity contribution in [3.8, 4) is 11.5 Å². The minimum atomic E-state index is -1.06. The van der Waals surface area contributed by atoms with Crippen LogP contribution in [0.2, 0.25) is 0 Å². The monoisotopic (exact) mass is 347 g/mol. The van der Waals surface area contributed by atoms with Crippen LogP contribution in [0.25, 0.3) is 11.5 Å². The van der Waals surface area contributed by atoms with E-state index in [1.165, 1.54) is 6.07 Å². The molecular formula is C16H11F2N3O2S. The van der Waals surface area contributed by atoms with Gasteiger partial charge in [-0.15, -0.1) is 10.2 Å². The van der Waals surface area contributed by atoms with E-state index in [2.05, 4.69) is 15.2 Å². The summed E-state index contributed by atoms with van der Waals surface area (Å²) in [7, 11) is 0. The highest BCUT2D eigenvalue weighted by Gasteiger charge is 2.21. The molecule has 24 heavy (non-hydrogen) atoms. The first-order valence-corrected chi connectivity index (χ1v) is 7.82. The minimum Gasteiger partial charge on any atom is -0.411 e. The molecule has 0 fully saturated rings. The molecule has 0 amide bonds. The highest BCUT2D eigenvalue weighted by atomic mass is 32.2. The molecule has 2 heterocycles. The first kappa shape index (κ1) is 16.3. The molecule has 1 atom stereocenters. The van der Waals surface area contributed by atoms with Gasteiger partial charge in [0, 0.05) is 23.5 Å². The molecule has 1 aromatic carbocycles. The number of Topliss-reactive ketones (excluding diaryl/α,β-unsaturated/α-hetero) is 1. The summed E-state index contributed by atoms with van der Waals surface area (Å²) in [4.78, 5) is 16.2. The lowest BCUT2D eigenvalue weighted by molar-refractivity contribution is 0.0993. The molecule has 2 aromatic heterocycles. The van der Waals surface area contributed by atoms with Crippen molar-refractivity contribution in [3.05, 3.63) is 59.9 Å². The topological polar surface area (TPSA) is 68.9 Å². The van der Waals surface area contributed by atoms with Crippen LogP contribution in [0.5, 0.6) is 0 Å². The SMILES string of the molecule is C[C@H](Sc1nnc(-c2ccncc2)o1)C(=O)c1ccc(F)c(F)c1. The number of hydrogen-bond acceptors (Lipinski definition) is 6. The second-order valence-corrected chi connectivity index (χ2v) is 6.15. The summed E-state index contributed by atoms with van der Waals surface area (Å²) in [6.07, 6.45) is 3.20. The average molecular weight is 347 g/mol. The Kier molecular flexibility index (Phi) is 4.66. The van der Waals surface area contributed by atoms with Gasteiger partial charge in [0.05, 0.1) is 5.25 Å². The number of halogens is 2. The van der Waals surface area contributed by atoms with Crippen LogP contribution in [0, 0.1) is 11.6 Å². The van der Waals surface area contributed by atoms with Crippen LogP contribution >= 0.6 is 11.8 Å². The lowest BCUT2D eigenvalue weighted by Gasteiger charge is -2.07. The Morgan fingerprint density at radius 3 is 2.58 bits per heavy atom. The maximum atomic E-state index is 13.2. The number of benzene rings is 1. The summed E-state index contributed by atoms with van der Waals surface area (Å²) in [5.74, 6) is -2.10. The quantitative estimate of drug-likeness (QED) is 0.517. The van der Waals surface area contributed by atoms with Crippen molar-refractivity contribution in [2.45, 2.75) is 17.4 Å². The number of hydrogen-bond donors (Lipinski definition) is 0. The standard InChI is InChI=1S/C16H11F2N3O2S/c1-9(14(22)11-2-3-12(17)13(18)8-11)24-16-21-20-15(23-16)10-4-6-19-7-5-10/h2-9H,1H3/t9-/m0/s1. The van der Waals surface area contributed by atoms with Crippen molar-refractivity contribution in [1.29, 1.82) is 0 Å². The zero-order valence-electron chi connectivity index (χ0n) is 12.4. The van der Waals surface area contributed by atoms with Crippen LogP contribution in [0.4, 0.5) is 8.78 Å². The van der Waals surface area contributed by atoms with Gasteiger partial charge in [0.1, 0.15) is 0 Å². The van der Waals surface area contributed by atoms with E-state index >= 15 is 0 Å². The molecule has 8 heteroatoms. The van der Waals surface area contributed by atoms with Crippen LogP contribution in [0.1, 0.15) is 17.3 Å². The number of aromatic nitrogens is 3. The zero-order chi connectivity index (χ0) is 17.1. The first-order valence-electron chi connectivity index (χ1n) is 6.94. The van der Waals surface area contributed by atoms with E-state index in [4.69, 9.17) is 4.42 Å². The molecule has 0 unspecified atom stereocenters. The van der Waals surface area contributed by atoms with Crippen molar-refractivity contribution in [2.24, 2.45) is 0 Å². The average Bonchev–Trinajstić information content (AvgIpc) is 3.06. The van der Waals surface area contributed by atoms with Gasteiger partial charge in [-0.25, -0.2) is 8.78 Å². The van der Waals surface area contributed by atoms with Gasteiger partial charge in [0.25, 0.3) is 5.22 Å². The lowest BCUT2D eigenvalue weighted by atomic mass is 10.1. The Balaban J connectivity index is 1.72. The molecule has 3 rings (SSSR count). The molecule has 0 bridgehead atoms. The summed E-state index contributed by atoms with van der Waals surface area (Å²) in [6.45, 7) is 1.63. The number of pyridine rings is 1. The van der Waals surface area contributed by atoms with E-state index in [9.17, 15) is 13.6 Å². The molecule has 5 nitrogen and oxygen atoms in total. The third-order valence-electron chi connectivity index (χ3n) is 3.18. The predicted octanol–water partition coefficient (Wildman–Crippen LogP) is 3.77. The maximum absolute atomic E-state index is 13.2. The zero-order valence-corrected chi connectivity index (χ0v) is 13.3. The fraction of sp³-hybridized carbons (Fsp3) is 0.125. The fourth-order valence-electron chi connectivity index (χ4n) is 1.96. The third kappa shape index (κ3) is 3.48. The number of carbonyl (C=O) groups is 1. The van der Waals surface area contributed by atoms with Crippen LogP contribution in [0.15, 0.2) is 52.4 Å². The van der Waals surface area contributed by atoms with E-state index < -0.39 is 16.9 Å². The van der Waals surface area contributed by atoms with Crippen LogP contribution in [-0.2, 0) is 0 Å². The molecule has 3 aromatic rings. The van der Waals surface area contributed by atoms with E-state index in [0.717, 1.165) is 23.9 Å². The Morgan fingerprint density at radius 2 is 1.88 bits per heavy atom. The third-order valence-corrected chi connectivity index (χ3v) is 4.12. The van der Waals surface area contributed by atoms with Gasteiger partial charge in [0.2, 0.25) is 5.89 Å². The molecule has 0 N–H and O–H groups in total. The lowest BCUT2D eigenvalue weighted by Crippen LogP contribution is -2.14. The Labute approximate surface area is 140 Å². The number of ketones is 1. The maximum Gasteiger partial charge on any atom is 0.277 e. The molecule has 0 saturated carbocycles. The van der Waals surface area contributed by atoms with Gasteiger partial charge in [-0.2, -0.15) is 0 Å². The first-order chi connectivity index (χ1) is 11.5. The summed E-state index contributed by atoms with van der Waals surface area (Å²) in [6, 6.07) is 6.49. The smallest absolute Gasteiger partial charge is 0.277 e. The Morgan fingerprint density at radius 1 is 1.12 bits per heavy atom. The van der Waals surface area contributed by atoms with Crippen molar-refractivity contribution >= 4 is 17.5 Å². The predicted molar refractivity (Wildman–Crippen MR) is 83.5 cm³/mol. The molecule has 0 spiro atoms. The van der Waals surface area contributed by atoms with Crippen molar-refractivity contribution in [1.82, 2.24) is 15.2 Å². The highest BCUT2D eigenvalue weighted by molar-refractivity contribution is 8.00. The molecular weight excluding hydrogens is 336 g/mol. The van der Waals surface area contributed by atoms with E-state index in [0.29, 0.717) is 11.5 Å².